The van der Waals surface area contributed by atoms with Gasteiger partial charge in [0.2, 0.25) is 0 Å². The Kier molecular flexibility index (Phi) is 5.39. The molecule has 3 nitrogen and oxygen atoms in total. The van der Waals surface area contributed by atoms with Gasteiger partial charge in [-0.05, 0) is 24.9 Å². The summed E-state index contributed by atoms with van der Waals surface area (Å²) in [6.45, 7) is 5.18. The van der Waals surface area contributed by atoms with Crippen LogP contribution in [0.4, 0.5) is 0 Å². The topological polar surface area (TPSA) is 38.7 Å². The molecule has 0 aliphatic carbocycles. The number of rotatable bonds is 6. The summed E-state index contributed by atoms with van der Waals surface area (Å²) in [5.74, 6) is 0. The Balaban J connectivity index is 2.72. The fourth-order valence-electron chi connectivity index (χ4n) is 1.32. The molecule has 0 saturated carbocycles. The summed E-state index contributed by atoms with van der Waals surface area (Å²) in [5.41, 5.74) is 1.88. The molecule has 0 fully saturated rings. The number of hydrogen-bond donors (Lipinski definition) is 1. The van der Waals surface area contributed by atoms with E-state index in [0.29, 0.717) is 13.2 Å². The Morgan fingerprint density at radius 1 is 1.07 bits per heavy atom. The third kappa shape index (κ3) is 3.66. The molecule has 1 aromatic carbocycles. The average Bonchev–Trinajstić information content (AvgIpc) is 2.29. The van der Waals surface area contributed by atoms with Crippen molar-refractivity contribution < 1.29 is 14.4 Å². The monoisotopic (exact) mass is 208 g/mol. The summed E-state index contributed by atoms with van der Waals surface area (Å²) in [6.07, 6.45) is 0. The molecule has 82 valence electrons. The van der Waals surface area contributed by atoms with Gasteiger partial charge in [-0.3, -0.25) is 0 Å². The van der Waals surface area contributed by atoms with Crippen LogP contribution in [0.2, 0.25) is 0 Å². The predicted octanol–water partition coefficient (Wildman–Crippen LogP) is 0.947. The van der Waals surface area contributed by atoms with Crippen molar-refractivity contribution in [1.29, 1.82) is 0 Å². The number of aliphatic hydroxyl groups excluding tert-OH is 1. The molecule has 0 bridgehead atoms. The lowest BCUT2D eigenvalue weighted by Gasteiger charge is -2.12. The maximum Gasteiger partial charge on any atom is 0.493 e. The van der Waals surface area contributed by atoms with Crippen LogP contribution in [0.25, 0.3) is 0 Å². The molecular formula is C11H17BO3. The Labute approximate surface area is 91.2 Å². The lowest BCUT2D eigenvalue weighted by molar-refractivity contribution is 0.225. The molecule has 1 aromatic rings. The van der Waals surface area contributed by atoms with Crippen molar-refractivity contribution in [1.82, 2.24) is 0 Å². The molecule has 15 heavy (non-hydrogen) atoms. The van der Waals surface area contributed by atoms with E-state index in [2.05, 4.69) is 0 Å². The van der Waals surface area contributed by atoms with Crippen LogP contribution in [-0.2, 0) is 15.9 Å². The highest BCUT2D eigenvalue weighted by atomic mass is 16.6. The van der Waals surface area contributed by atoms with Gasteiger partial charge < -0.3 is 14.4 Å². The normalized spacial score (nSPS) is 10.3. The molecule has 0 atom stereocenters. The molecule has 0 aromatic heterocycles. The molecule has 0 unspecified atom stereocenters. The summed E-state index contributed by atoms with van der Waals surface area (Å²) in [4.78, 5) is 0. The van der Waals surface area contributed by atoms with E-state index >= 15 is 0 Å². The number of aliphatic hydroxyl groups is 1. The summed E-state index contributed by atoms with van der Waals surface area (Å²) in [6, 6.07) is 7.59. The first-order chi connectivity index (χ1) is 7.31. The zero-order chi connectivity index (χ0) is 11.1. The van der Waals surface area contributed by atoms with Crippen LogP contribution in [0.15, 0.2) is 24.3 Å². The first kappa shape index (κ1) is 12.2. The van der Waals surface area contributed by atoms with E-state index < -0.39 is 0 Å². The second-order valence-corrected chi connectivity index (χ2v) is 3.14. The minimum Gasteiger partial charge on any atom is -0.408 e. The van der Waals surface area contributed by atoms with Gasteiger partial charge in [-0.15, -0.1) is 0 Å². The molecule has 1 rings (SSSR count). The zero-order valence-corrected chi connectivity index (χ0v) is 9.27. The third-order valence-electron chi connectivity index (χ3n) is 2.07. The van der Waals surface area contributed by atoms with E-state index in [9.17, 15) is 0 Å². The van der Waals surface area contributed by atoms with Crippen LogP contribution < -0.4 is 5.46 Å². The van der Waals surface area contributed by atoms with Crippen molar-refractivity contribution in [2.45, 2.75) is 20.5 Å². The van der Waals surface area contributed by atoms with Crippen LogP contribution in [0.5, 0.6) is 0 Å². The molecule has 1 N–H and O–H groups in total. The molecule has 0 aliphatic heterocycles. The SMILES string of the molecule is CCOB(OCC)c1ccc(CO)cc1. The van der Waals surface area contributed by atoms with Crippen molar-refractivity contribution in [2.24, 2.45) is 0 Å². The first-order valence-electron chi connectivity index (χ1n) is 5.24. The zero-order valence-electron chi connectivity index (χ0n) is 9.27. The van der Waals surface area contributed by atoms with Gasteiger partial charge in [0.1, 0.15) is 0 Å². The van der Waals surface area contributed by atoms with Gasteiger partial charge in [-0.1, -0.05) is 24.3 Å². The van der Waals surface area contributed by atoms with Crippen molar-refractivity contribution in [3.8, 4) is 0 Å². The second kappa shape index (κ2) is 6.61. The van der Waals surface area contributed by atoms with Crippen LogP contribution >= 0.6 is 0 Å². The second-order valence-electron chi connectivity index (χ2n) is 3.14. The lowest BCUT2D eigenvalue weighted by atomic mass is 9.78. The van der Waals surface area contributed by atoms with Gasteiger partial charge >= 0.3 is 7.12 Å². The van der Waals surface area contributed by atoms with Crippen LogP contribution in [0.3, 0.4) is 0 Å². The van der Waals surface area contributed by atoms with Crippen molar-refractivity contribution in [2.75, 3.05) is 13.2 Å². The molecule has 0 spiro atoms. The van der Waals surface area contributed by atoms with Gasteiger partial charge in [0, 0.05) is 13.2 Å². The van der Waals surface area contributed by atoms with Gasteiger partial charge in [0.15, 0.2) is 0 Å². The maximum atomic E-state index is 8.91. The van der Waals surface area contributed by atoms with E-state index in [1.54, 1.807) is 0 Å². The van der Waals surface area contributed by atoms with Crippen molar-refractivity contribution >= 4 is 12.6 Å². The quantitative estimate of drug-likeness (QED) is 0.707. The predicted molar refractivity (Wildman–Crippen MR) is 61.0 cm³/mol. The standard InChI is InChI=1S/C11H17BO3/c1-3-14-12(15-4-2)11-7-5-10(9-13)6-8-11/h5-8,13H,3-4,9H2,1-2H3. The Morgan fingerprint density at radius 3 is 2.00 bits per heavy atom. The summed E-state index contributed by atoms with van der Waals surface area (Å²) < 4.78 is 10.9. The van der Waals surface area contributed by atoms with Crippen LogP contribution in [0.1, 0.15) is 19.4 Å². The highest BCUT2D eigenvalue weighted by Gasteiger charge is 2.19. The molecule has 4 heteroatoms. The van der Waals surface area contributed by atoms with Crippen molar-refractivity contribution in [3.05, 3.63) is 29.8 Å². The fourth-order valence-corrected chi connectivity index (χ4v) is 1.32. The summed E-state index contributed by atoms with van der Waals surface area (Å²) >= 11 is 0. The van der Waals surface area contributed by atoms with Gasteiger partial charge in [-0.2, -0.15) is 0 Å². The Morgan fingerprint density at radius 2 is 1.60 bits per heavy atom. The van der Waals surface area contributed by atoms with Gasteiger partial charge in [0.25, 0.3) is 0 Å². The largest absolute Gasteiger partial charge is 0.493 e. The lowest BCUT2D eigenvalue weighted by Crippen LogP contribution is -2.36. The number of benzene rings is 1. The highest BCUT2D eigenvalue weighted by molar-refractivity contribution is 6.61. The number of hydrogen-bond acceptors (Lipinski definition) is 3. The molecule has 0 aliphatic rings. The van der Waals surface area contributed by atoms with Gasteiger partial charge in [0.05, 0.1) is 6.61 Å². The third-order valence-corrected chi connectivity index (χ3v) is 2.07. The molecular weight excluding hydrogens is 191 g/mol. The fraction of sp³-hybridized carbons (Fsp3) is 0.455. The average molecular weight is 208 g/mol. The Bertz CT molecular complexity index is 268. The molecule has 0 amide bonds. The maximum absolute atomic E-state index is 8.91. The Hall–Kier alpha value is -0.835. The van der Waals surface area contributed by atoms with Crippen LogP contribution in [0, 0.1) is 0 Å². The summed E-state index contributed by atoms with van der Waals surface area (Å²) in [5, 5.41) is 8.91. The van der Waals surface area contributed by atoms with E-state index in [1.165, 1.54) is 0 Å². The highest BCUT2D eigenvalue weighted by Crippen LogP contribution is 1.99. The smallest absolute Gasteiger partial charge is 0.408 e. The van der Waals surface area contributed by atoms with Crippen molar-refractivity contribution in [3.63, 3.8) is 0 Å². The minimum atomic E-state index is -0.298. The minimum absolute atomic E-state index is 0.0637. The van der Waals surface area contributed by atoms with E-state index in [1.807, 2.05) is 38.1 Å². The molecule has 0 heterocycles. The molecule has 0 saturated heterocycles. The van der Waals surface area contributed by atoms with Crippen LogP contribution in [-0.4, -0.2) is 25.4 Å². The first-order valence-corrected chi connectivity index (χ1v) is 5.24. The molecule has 0 radical (unpaired) electrons. The van der Waals surface area contributed by atoms with E-state index in [0.717, 1.165) is 11.0 Å². The van der Waals surface area contributed by atoms with E-state index in [-0.39, 0.29) is 13.7 Å². The summed E-state index contributed by atoms with van der Waals surface area (Å²) in [7, 11) is -0.298. The van der Waals surface area contributed by atoms with E-state index in [4.69, 9.17) is 14.4 Å². The van der Waals surface area contributed by atoms with Gasteiger partial charge in [-0.25, -0.2) is 0 Å².